The number of H-pyrrole nitrogens is 1. The van der Waals surface area contributed by atoms with Crippen molar-refractivity contribution in [3.63, 3.8) is 0 Å². The molecule has 1 aliphatic rings. The van der Waals surface area contributed by atoms with Gasteiger partial charge in [-0.15, -0.1) is 0 Å². The van der Waals surface area contributed by atoms with Gasteiger partial charge < -0.3 is 25.5 Å². The summed E-state index contributed by atoms with van der Waals surface area (Å²) in [5.41, 5.74) is 3.01. The van der Waals surface area contributed by atoms with Gasteiger partial charge in [-0.2, -0.15) is 0 Å². The van der Waals surface area contributed by atoms with Crippen LogP contribution in [0, 0.1) is 0 Å². The Morgan fingerprint density at radius 3 is 2.42 bits per heavy atom. The normalized spacial score (nSPS) is 14.4. The van der Waals surface area contributed by atoms with Crippen molar-refractivity contribution in [1.82, 2.24) is 15.3 Å². The van der Waals surface area contributed by atoms with Gasteiger partial charge in [0.1, 0.15) is 6.61 Å². The van der Waals surface area contributed by atoms with Crippen molar-refractivity contribution in [3.05, 3.63) is 94.0 Å². The lowest BCUT2D eigenvalue weighted by Gasteiger charge is -2.19. The summed E-state index contributed by atoms with van der Waals surface area (Å²) in [6, 6.07) is 15.6. The number of carboxylic acids is 1. The molecule has 1 aromatic heterocycles. The number of sulfone groups is 1. The number of benzene rings is 3. The monoisotopic (exact) mass is 633 g/mol. The summed E-state index contributed by atoms with van der Waals surface area (Å²) in [4.78, 5) is 43.9. The van der Waals surface area contributed by atoms with Crippen molar-refractivity contribution in [1.29, 1.82) is 0 Å². The van der Waals surface area contributed by atoms with Crippen LogP contribution in [0.3, 0.4) is 0 Å². The first kappa shape index (κ1) is 31.7. The first-order valence-corrected chi connectivity index (χ1v) is 16.2. The van der Waals surface area contributed by atoms with E-state index < -0.39 is 27.9 Å². The van der Waals surface area contributed by atoms with Gasteiger partial charge in [-0.25, -0.2) is 23.0 Å². The Morgan fingerprint density at radius 1 is 1.04 bits per heavy atom. The first-order chi connectivity index (χ1) is 21.6. The lowest BCUT2D eigenvalue weighted by molar-refractivity contribution is -0.138. The van der Waals surface area contributed by atoms with Crippen molar-refractivity contribution < 1.29 is 27.9 Å². The summed E-state index contributed by atoms with van der Waals surface area (Å²) in [6.07, 6.45) is 2.63. The van der Waals surface area contributed by atoms with Crippen molar-refractivity contribution in [2.45, 2.75) is 54.8 Å². The second kappa shape index (κ2) is 13.5. The van der Waals surface area contributed by atoms with Crippen LogP contribution in [-0.4, -0.2) is 54.5 Å². The first-order valence-electron chi connectivity index (χ1n) is 14.6. The third-order valence-electron chi connectivity index (χ3n) is 7.79. The fraction of sp³-hybridized carbons (Fsp3) is 0.312. The van der Waals surface area contributed by atoms with Crippen LogP contribution in [0.15, 0.2) is 76.7 Å². The zero-order valence-corrected chi connectivity index (χ0v) is 25.7. The van der Waals surface area contributed by atoms with E-state index in [4.69, 9.17) is 4.74 Å². The number of fused-ring (bicyclic) bond motifs is 1. The van der Waals surface area contributed by atoms with E-state index >= 15 is 0 Å². The zero-order valence-electron chi connectivity index (χ0n) is 24.9. The molecule has 1 aliphatic carbocycles. The van der Waals surface area contributed by atoms with Gasteiger partial charge in [0, 0.05) is 23.8 Å². The Balaban J connectivity index is 1.22. The lowest BCUT2D eigenvalue weighted by atomic mass is 9.95. The van der Waals surface area contributed by atoms with E-state index in [1.807, 2.05) is 6.92 Å². The lowest BCUT2D eigenvalue weighted by Crippen LogP contribution is -2.21. The highest BCUT2D eigenvalue weighted by Crippen LogP contribution is 2.35. The maximum Gasteiger partial charge on any atom is 0.411 e. The molecule has 1 fully saturated rings. The molecular weight excluding hydrogens is 598 g/mol. The van der Waals surface area contributed by atoms with Crippen molar-refractivity contribution in [2.24, 2.45) is 0 Å². The number of carbonyl (C=O) groups is 2. The molecule has 0 aliphatic heterocycles. The smallest absolute Gasteiger partial charge is 0.411 e. The van der Waals surface area contributed by atoms with Gasteiger partial charge in [0.15, 0.2) is 15.9 Å². The molecule has 5 rings (SSSR count). The number of anilines is 2. The molecule has 1 unspecified atom stereocenters. The van der Waals surface area contributed by atoms with Crippen LogP contribution in [0.5, 0.6) is 0 Å². The molecule has 1 saturated carbocycles. The van der Waals surface area contributed by atoms with E-state index in [1.54, 1.807) is 61.6 Å². The minimum absolute atomic E-state index is 0.0828. The fourth-order valence-corrected chi connectivity index (χ4v) is 7.04. The number of aromatic amines is 1. The molecule has 0 radical (unpaired) electrons. The summed E-state index contributed by atoms with van der Waals surface area (Å²) >= 11 is 0. The van der Waals surface area contributed by atoms with Gasteiger partial charge in [0.25, 0.3) is 5.56 Å². The third-order valence-corrected chi connectivity index (χ3v) is 10.2. The fourth-order valence-electron chi connectivity index (χ4n) is 5.17. The van der Waals surface area contributed by atoms with Gasteiger partial charge in [-0.3, -0.25) is 10.1 Å². The average Bonchev–Trinajstić information content (AvgIpc) is 3.88. The highest BCUT2D eigenvalue weighted by Gasteiger charge is 2.38. The van der Waals surface area contributed by atoms with Crippen LogP contribution in [0.1, 0.15) is 54.8 Å². The quantitative estimate of drug-likeness (QED) is 0.140. The van der Waals surface area contributed by atoms with Crippen LogP contribution < -0.4 is 21.5 Å². The molecule has 1 heterocycles. The minimum Gasteiger partial charge on any atom is -0.479 e. The van der Waals surface area contributed by atoms with Crippen molar-refractivity contribution in [2.75, 3.05) is 24.3 Å². The van der Waals surface area contributed by atoms with E-state index in [0.717, 1.165) is 5.56 Å². The molecule has 12 nitrogen and oxygen atoms in total. The Bertz CT molecular complexity index is 1870. The van der Waals surface area contributed by atoms with E-state index in [0.29, 0.717) is 59.2 Å². The summed E-state index contributed by atoms with van der Waals surface area (Å²) < 4.78 is 31.1. The number of amides is 1. The molecule has 1 amide bonds. The summed E-state index contributed by atoms with van der Waals surface area (Å²) in [7, 11) is -1.67. The molecule has 5 N–H and O–H groups in total. The van der Waals surface area contributed by atoms with Crippen LogP contribution >= 0.6 is 0 Å². The third kappa shape index (κ3) is 7.32. The number of hydrogen-bond acceptors (Lipinski definition) is 9. The molecule has 0 bridgehead atoms. The number of carbonyl (C=O) groups excluding carboxylic acids is 1. The van der Waals surface area contributed by atoms with Gasteiger partial charge in [0.05, 0.1) is 27.4 Å². The molecule has 2 atom stereocenters. The van der Waals surface area contributed by atoms with Crippen molar-refractivity contribution in [3.8, 4) is 0 Å². The summed E-state index contributed by atoms with van der Waals surface area (Å²) in [5, 5.41) is 18.6. The van der Waals surface area contributed by atoms with Gasteiger partial charge >= 0.3 is 12.1 Å². The number of carboxylic acid groups (broad SMARTS) is 1. The summed E-state index contributed by atoms with van der Waals surface area (Å²) in [5.74, 6) is -1.24. The molecule has 236 valence electrons. The van der Waals surface area contributed by atoms with Crippen LogP contribution in [0.2, 0.25) is 0 Å². The number of nitrogens with one attached hydrogen (secondary N) is 4. The standard InChI is InChI=1S/C32H35N5O7S/c1-3-19(17-44-32(41)37-23-9-13-28(22(14-23)16-33-2)45(42,43)25-10-11-25)20-4-6-21(7-5-20)29(31(39)40)36-24-8-12-27-26(15-24)30(38)35-18-34-27/h4-9,12-15,18-19,25,29,33,36H,3,10-11,16-17H2,1-2H3,(H,37,41)(H,39,40)(H,34,35,38)/t19-,29?/m0/s1. The summed E-state index contributed by atoms with van der Waals surface area (Å²) in [6.45, 7) is 2.37. The Hall–Kier alpha value is -4.75. The molecule has 0 spiro atoms. The zero-order chi connectivity index (χ0) is 32.1. The van der Waals surface area contributed by atoms with E-state index in [1.165, 1.54) is 12.4 Å². The van der Waals surface area contributed by atoms with Crippen LogP contribution in [-0.2, 0) is 25.9 Å². The second-order valence-electron chi connectivity index (χ2n) is 11.0. The Morgan fingerprint density at radius 2 is 1.76 bits per heavy atom. The van der Waals surface area contributed by atoms with Crippen LogP contribution in [0.4, 0.5) is 16.2 Å². The largest absolute Gasteiger partial charge is 0.479 e. The maximum atomic E-state index is 12.8. The Labute approximate surface area is 260 Å². The number of ether oxygens (including phenoxy) is 1. The number of rotatable bonds is 13. The molecule has 13 heteroatoms. The van der Waals surface area contributed by atoms with E-state index in [-0.39, 0.29) is 28.2 Å². The second-order valence-corrected chi connectivity index (χ2v) is 13.2. The number of aromatic nitrogens is 2. The van der Waals surface area contributed by atoms with Gasteiger partial charge in [0.2, 0.25) is 0 Å². The minimum atomic E-state index is -3.39. The van der Waals surface area contributed by atoms with Gasteiger partial charge in [-0.1, -0.05) is 31.2 Å². The van der Waals surface area contributed by atoms with Crippen LogP contribution in [0.25, 0.3) is 10.9 Å². The maximum absolute atomic E-state index is 12.8. The van der Waals surface area contributed by atoms with E-state index in [9.17, 15) is 27.9 Å². The number of aliphatic carboxylic acids is 1. The molecular formula is C32H35N5O7S. The predicted octanol–water partition coefficient (Wildman–Crippen LogP) is 4.56. The molecule has 3 aromatic carbocycles. The SMILES string of the molecule is CC[C@@H](COC(=O)Nc1ccc(S(=O)(=O)C2CC2)c(CNC)c1)c1ccc(C(Nc2ccc3nc[nH]c(=O)c3c2)C(=O)O)cc1. The van der Waals surface area contributed by atoms with E-state index in [2.05, 4.69) is 25.9 Å². The average molecular weight is 634 g/mol. The number of hydrogen-bond donors (Lipinski definition) is 5. The highest BCUT2D eigenvalue weighted by molar-refractivity contribution is 7.92. The predicted molar refractivity (Wildman–Crippen MR) is 170 cm³/mol. The highest BCUT2D eigenvalue weighted by atomic mass is 32.2. The number of nitrogens with zero attached hydrogens (tertiary/aromatic N) is 1. The van der Waals surface area contributed by atoms with Gasteiger partial charge in [-0.05, 0) is 79.4 Å². The molecule has 0 saturated heterocycles. The molecule has 45 heavy (non-hydrogen) atoms. The topological polar surface area (TPSA) is 180 Å². The Kier molecular flexibility index (Phi) is 9.49. The van der Waals surface area contributed by atoms with Crippen molar-refractivity contribution >= 4 is 44.2 Å². The molecule has 4 aromatic rings.